The Morgan fingerprint density at radius 3 is 2.71 bits per heavy atom. The molecule has 0 amide bonds. The topological polar surface area (TPSA) is 91.0 Å². The van der Waals surface area contributed by atoms with Gasteiger partial charge in [-0.2, -0.15) is 0 Å². The Labute approximate surface area is 163 Å². The van der Waals surface area contributed by atoms with Crippen LogP contribution in [-0.4, -0.2) is 30.2 Å². The van der Waals surface area contributed by atoms with Gasteiger partial charge in [-0.3, -0.25) is 0 Å². The van der Waals surface area contributed by atoms with Crippen LogP contribution in [0.2, 0.25) is 0 Å². The van der Waals surface area contributed by atoms with Gasteiger partial charge in [-0.25, -0.2) is 0 Å². The molecule has 2 atom stereocenters. The number of carboxylic acid groups (broad SMARTS) is 1. The van der Waals surface area contributed by atoms with Gasteiger partial charge >= 0.3 is 0 Å². The van der Waals surface area contributed by atoms with Crippen molar-refractivity contribution in [1.29, 1.82) is 0 Å². The third-order valence-electron chi connectivity index (χ3n) is 5.22. The van der Waals surface area contributed by atoms with E-state index in [1.54, 1.807) is 7.11 Å². The molecule has 1 aromatic heterocycles. The number of aliphatic carboxylic acids is 1. The van der Waals surface area contributed by atoms with Crippen LogP contribution in [0.1, 0.15) is 36.7 Å². The van der Waals surface area contributed by atoms with Gasteiger partial charge < -0.3 is 29.7 Å². The first kappa shape index (κ1) is 18.4. The predicted molar refractivity (Wildman–Crippen MR) is 103 cm³/mol. The van der Waals surface area contributed by atoms with Gasteiger partial charge in [0.25, 0.3) is 0 Å². The summed E-state index contributed by atoms with van der Waals surface area (Å²) < 4.78 is 11.3. The van der Waals surface area contributed by atoms with Crippen molar-refractivity contribution in [3.63, 3.8) is 0 Å². The Morgan fingerprint density at radius 2 is 2.00 bits per heavy atom. The number of methoxy groups -OCH3 is 1. The van der Waals surface area contributed by atoms with Crippen LogP contribution in [0.25, 0.3) is 10.9 Å². The van der Waals surface area contributed by atoms with Crippen LogP contribution in [0.5, 0.6) is 11.5 Å². The predicted octanol–water partition coefficient (Wildman–Crippen LogP) is 1.29. The molecular weight excluding hydrogens is 356 g/mol. The Hall–Kier alpha value is -2.99. The molecule has 0 bridgehead atoms. The normalized spacial score (nSPS) is 18.9. The fraction of sp³-hybridized carbons (Fsp3) is 0.318. The number of nitrogens with two attached hydrogens (primary N) is 1. The van der Waals surface area contributed by atoms with Gasteiger partial charge in [0.2, 0.25) is 0 Å². The monoisotopic (exact) mass is 380 g/mol. The molecule has 3 N–H and O–H groups in total. The minimum Gasteiger partial charge on any atom is -0.544 e. The number of carboxylic acids is 1. The summed E-state index contributed by atoms with van der Waals surface area (Å²) in [4.78, 5) is 15.2. The van der Waals surface area contributed by atoms with Gasteiger partial charge in [0.05, 0.1) is 24.9 Å². The van der Waals surface area contributed by atoms with Crippen LogP contribution in [0.3, 0.4) is 0 Å². The van der Waals surface area contributed by atoms with E-state index in [2.05, 4.69) is 4.98 Å². The molecule has 0 spiro atoms. The van der Waals surface area contributed by atoms with Crippen molar-refractivity contribution in [3.05, 3.63) is 59.3 Å². The van der Waals surface area contributed by atoms with Crippen molar-refractivity contribution in [1.82, 2.24) is 4.98 Å². The largest absolute Gasteiger partial charge is 0.544 e. The van der Waals surface area contributed by atoms with E-state index in [1.807, 2.05) is 61.6 Å². The second kappa shape index (κ2) is 7.20. The highest BCUT2D eigenvalue weighted by atomic mass is 16.5. The van der Waals surface area contributed by atoms with E-state index in [0.717, 1.165) is 27.7 Å². The lowest BCUT2D eigenvalue weighted by molar-refractivity contribution is -0.717. The maximum absolute atomic E-state index is 11.7. The average molecular weight is 380 g/mol. The van der Waals surface area contributed by atoms with Gasteiger partial charge in [-0.15, -0.1) is 0 Å². The van der Waals surface area contributed by atoms with E-state index in [1.165, 1.54) is 0 Å². The molecule has 3 aromatic rings. The highest BCUT2D eigenvalue weighted by molar-refractivity contribution is 5.86. The van der Waals surface area contributed by atoms with Gasteiger partial charge in [-0.1, -0.05) is 18.2 Å². The lowest BCUT2D eigenvalue weighted by Crippen LogP contribution is -2.95. The van der Waals surface area contributed by atoms with E-state index in [0.29, 0.717) is 17.9 Å². The number of carbonyl (C=O) groups excluding carboxylic acids is 1. The van der Waals surface area contributed by atoms with Crippen LogP contribution >= 0.6 is 0 Å². The molecule has 0 aliphatic carbocycles. The number of H-pyrrole nitrogens is 1. The highest BCUT2D eigenvalue weighted by Crippen LogP contribution is 2.35. The lowest BCUT2D eigenvalue weighted by Gasteiger charge is -2.29. The first-order valence-electron chi connectivity index (χ1n) is 9.48. The Bertz CT molecular complexity index is 1020. The van der Waals surface area contributed by atoms with Crippen LogP contribution in [0.4, 0.5) is 0 Å². The molecular formula is C22H24N2O4. The van der Waals surface area contributed by atoms with Crippen LogP contribution < -0.4 is 19.9 Å². The molecule has 4 rings (SSSR count). The van der Waals surface area contributed by atoms with Crippen molar-refractivity contribution in [3.8, 4) is 11.5 Å². The number of hydrogen-bond donors (Lipinski definition) is 2. The number of benzene rings is 2. The minimum absolute atomic E-state index is 0.0313. The summed E-state index contributed by atoms with van der Waals surface area (Å²) in [6, 6.07) is 12.9. The summed E-state index contributed by atoms with van der Waals surface area (Å²) in [5.41, 5.74) is 4.03. The summed E-state index contributed by atoms with van der Waals surface area (Å²) >= 11 is 0. The quantitative estimate of drug-likeness (QED) is 0.698. The van der Waals surface area contributed by atoms with Crippen molar-refractivity contribution in [2.75, 3.05) is 7.11 Å². The van der Waals surface area contributed by atoms with Crippen molar-refractivity contribution >= 4 is 16.9 Å². The summed E-state index contributed by atoms with van der Waals surface area (Å²) in [5, 5.41) is 14.6. The fourth-order valence-corrected chi connectivity index (χ4v) is 3.99. The smallest absolute Gasteiger partial charge is 0.161 e. The SMILES string of the molecule is COc1cc([C@H]2[NH2+][C@H](C(=O)[O-])Cc3c2[nH]c2ccccc32)ccc1OC(C)C. The van der Waals surface area contributed by atoms with Gasteiger partial charge in [0.15, 0.2) is 17.5 Å². The van der Waals surface area contributed by atoms with E-state index in [9.17, 15) is 9.90 Å². The molecule has 2 aromatic carbocycles. The molecule has 6 heteroatoms. The van der Waals surface area contributed by atoms with Crippen LogP contribution in [0, 0.1) is 0 Å². The molecule has 6 nitrogen and oxygen atoms in total. The molecule has 0 radical (unpaired) electrons. The number of aromatic nitrogens is 1. The Kier molecular flexibility index (Phi) is 4.73. The first-order chi connectivity index (χ1) is 13.5. The van der Waals surface area contributed by atoms with Crippen molar-refractivity contribution < 1.29 is 24.7 Å². The lowest BCUT2D eigenvalue weighted by atomic mass is 9.90. The van der Waals surface area contributed by atoms with E-state index in [4.69, 9.17) is 9.47 Å². The second-order valence-electron chi connectivity index (χ2n) is 7.44. The number of quaternary nitrogens is 1. The number of carbonyl (C=O) groups is 1. The number of rotatable bonds is 5. The van der Waals surface area contributed by atoms with Crippen molar-refractivity contribution in [2.24, 2.45) is 0 Å². The molecule has 0 saturated carbocycles. The molecule has 0 unspecified atom stereocenters. The summed E-state index contributed by atoms with van der Waals surface area (Å²) in [7, 11) is 1.61. The number of hydrogen-bond acceptors (Lipinski definition) is 4. The average Bonchev–Trinajstić information content (AvgIpc) is 3.06. The molecule has 28 heavy (non-hydrogen) atoms. The Morgan fingerprint density at radius 1 is 1.21 bits per heavy atom. The van der Waals surface area contributed by atoms with Crippen LogP contribution in [-0.2, 0) is 11.2 Å². The minimum atomic E-state index is -1.05. The number of nitrogens with one attached hydrogen (secondary N) is 1. The Balaban J connectivity index is 1.82. The molecule has 1 aliphatic rings. The van der Waals surface area contributed by atoms with Crippen molar-refractivity contribution in [2.45, 2.75) is 38.5 Å². The third-order valence-corrected chi connectivity index (χ3v) is 5.22. The summed E-state index contributed by atoms with van der Waals surface area (Å²) in [6.07, 6.45) is 0.466. The second-order valence-corrected chi connectivity index (χ2v) is 7.44. The standard InChI is InChI=1S/C22H24N2O4/c1-12(2)28-18-9-8-13(10-19(18)27-3)20-21-15(11-17(24-20)22(25)26)14-6-4-5-7-16(14)23-21/h4-10,12,17,20,23-24H,11H2,1-3H3,(H,25,26)/t17-,20+/m0/s1. The third kappa shape index (κ3) is 3.20. The molecule has 146 valence electrons. The fourth-order valence-electron chi connectivity index (χ4n) is 3.99. The highest BCUT2D eigenvalue weighted by Gasteiger charge is 2.35. The maximum Gasteiger partial charge on any atom is 0.161 e. The number of fused-ring (bicyclic) bond motifs is 3. The molecule has 1 aliphatic heterocycles. The zero-order valence-electron chi connectivity index (χ0n) is 16.2. The molecule has 2 heterocycles. The summed E-state index contributed by atoms with van der Waals surface area (Å²) in [5.74, 6) is 0.255. The zero-order chi connectivity index (χ0) is 19.8. The van der Waals surface area contributed by atoms with E-state index >= 15 is 0 Å². The van der Waals surface area contributed by atoms with E-state index < -0.39 is 12.0 Å². The number of ether oxygens (including phenoxy) is 2. The van der Waals surface area contributed by atoms with Gasteiger partial charge in [-0.05, 0) is 43.7 Å². The zero-order valence-corrected chi connectivity index (χ0v) is 16.2. The number of para-hydroxylation sites is 1. The van der Waals surface area contributed by atoms with Gasteiger partial charge in [0, 0.05) is 22.9 Å². The van der Waals surface area contributed by atoms with Crippen LogP contribution in [0.15, 0.2) is 42.5 Å². The van der Waals surface area contributed by atoms with Gasteiger partial charge in [0.1, 0.15) is 6.04 Å². The molecule has 0 fully saturated rings. The molecule has 0 saturated heterocycles. The maximum atomic E-state index is 11.7. The first-order valence-corrected chi connectivity index (χ1v) is 9.48. The summed E-state index contributed by atoms with van der Waals surface area (Å²) in [6.45, 7) is 3.92. The number of aromatic amines is 1. The van der Waals surface area contributed by atoms with E-state index in [-0.39, 0.29) is 12.1 Å².